The minimum absolute atomic E-state index is 0.0268. The van der Waals surface area contributed by atoms with Crippen LogP contribution in [0.5, 0.6) is 5.75 Å². The number of carbonyl (C=O) groups is 1. The van der Waals surface area contributed by atoms with E-state index in [0.717, 1.165) is 22.8 Å². The van der Waals surface area contributed by atoms with Gasteiger partial charge in [0.1, 0.15) is 11.6 Å². The second kappa shape index (κ2) is 8.78. The lowest BCUT2D eigenvalue weighted by Crippen LogP contribution is -2.15. The Morgan fingerprint density at radius 3 is 2.34 bits per heavy atom. The Bertz CT molecular complexity index is 959. The number of nitrogens with one attached hydrogen (secondary N) is 2. The van der Waals surface area contributed by atoms with Gasteiger partial charge in [-0.3, -0.25) is 4.79 Å². The van der Waals surface area contributed by atoms with Crippen LogP contribution < -0.4 is 15.4 Å². The molecule has 0 aliphatic carbocycles. The molecule has 1 amide bonds. The molecule has 0 fully saturated rings. The third-order valence-corrected chi connectivity index (χ3v) is 4.57. The van der Waals surface area contributed by atoms with Gasteiger partial charge >= 0.3 is 0 Å². The smallest absolute Gasteiger partial charge is 0.228 e. The largest absolute Gasteiger partial charge is 0.497 e. The highest BCUT2D eigenvalue weighted by Gasteiger charge is 2.17. The van der Waals surface area contributed by atoms with Crippen LogP contribution in [0.25, 0.3) is 0 Å². The van der Waals surface area contributed by atoms with Crippen molar-refractivity contribution in [3.05, 3.63) is 78.0 Å². The number of hydrogen-bond acceptors (Lipinski definition) is 4. The van der Waals surface area contributed by atoms with Gasteiger partial charge in [0, 0.05) is 5.69 Å². The van der Waals surface area contributed by atoms with Crippen molar-refractivity contribution >= 4 is 23.1 Å². The van der Waals surface area contributed by atoms with Crippen molar-refractivity contribution in [1.29, 1.82) is 0 Å². The number of amides is 1. The average Bonchev–Trinajstić information content (AvgIpc) is 2.69. The summed E-state index contributed by atoms with van der Waals surface area (Å²) in [6.07, 6.45) is 1.96. The fraction of sp³-hybridized carbons (Fsp3) is 0.250. The first kappa shape index (κ1) is 20.4. The molecule has 3 rings (SSSR count). The number of rotatable bonds is 6. The molecule has 2 aromatic carbocycles. The topological polar surface area (TPSA) is 63.2 Å². The molecule has 1 heterocycles. The summed E-state index contributed by atoms with van der Waals surface area (Å²) in [7, 11) is 1.62. The SMILES string of the molecule is COc1ccc(CC(=O)Nc2ccc(Nc3ccccc3C(C)(C)C)nc2)cc1. The fourth-order valence-electron chi connectivity index (χ4n) is 3.06. The van der Waals surface area contributed by atoms with Gasteiger partial charge in [0.15, 0.2) is 0 Å². The Morgan fingerprint density at radius 1 is 1.00 bits per heavy atom. The van der Waals surface area contributed by atoms with Gasteiger partial charge in [0.05, 0.1) is 25.4 Å². The number of aromatic nitrogens is 1. The molecule has 2 N–H and O–H groups in total. The van der Waals surface area contributed by atoms with E-state index in [0.29, 0.717) is 12.1 Å². The average molecular weight is 389 g/mol. The van der Waals surface area contributed by atoms with Gasteiger partial charge in [0.2, 0.25) is 5.91 Å². The van der Waals surface area contributed by atoms with E-state index >= 15 is 0 Å². The predicted molar refractivity (Wildman–Crippen MR) is 118 cm³/mol. The summed E-state index contributed by atoms with van der Waals surface area (Å²) in [5, 5.41) is 6.26. The van der Waals surface area contributed by atoms with E-state index in [1.54, 1.807) is 13.3 Å². The zero-order valence-electron chi connectivity index (χ0n) is 17.3. The Labute approximate surface area is 172 Å². The van der Waals surface area contributed by atoms with E-state index in [2.05, 4.69) is 42.5 Å². The number of anilines is 3. The third-order valence-electron chi connectivity index (χ3n) is 4.57. The van der Waals surface area contributed by atoms with Crippen LogP contribution >= 0.6 is 0 Å². The standard InChI is InChI=1S/C24H27N3O2/c1-24(2,3)20-7-5-6-8-21(20)27-22-14-11-18(16-25-22)26-23(28)15-17-9-12-19(29-4)13-10-17/h5-14,16H,15H2,1-4H3,(H,25,27)(H,26,28). The minimum atomic E-state index is -0.0873. The fourth-order valence-corrected chi connectivity index (χ4v) is 3.06. The van der Waals surface area contributed by atoms with Gasteiger partial charge in [-0.05, 0) is 46.9 Å². The first-order valence-corrected chi connectivity index (χ1v) is 9.60. The van der Waals surface area contributed by atoms with Crippen molar-refractivity contribution in [3.8, 4) is 5.75 Å². The van der Waals surface area contributed by atoms with Gasteiger partial charge in [0.25, 0.3) is 0 Å². The summed E-state index contributed by atoms with van der Waals surface area (Å²) in [6.45, 7) is 6.55. The molecule has 0 aliphatic heterocycles. The third kappa shape index (κ3) is 5.57. The second-order valence-corrected chi connectivity index (χ2v) is 7.93. The molecule has 0 saturated carbocycles. The molecule has 0 aliphatic rings. The molecule has 3 aromatic rings. The summed E-state index contributed by atoms with van der Waals surface area (Å²) in [5.74, 6) is 1.42. The zero-order chi connectivity index (χ0) is 20.9. The zero-order valence-corrected chi connectivity index (χ0v) is 17.3. The van der Waals surface area contributed by atoms with Gasteiger partial charge < -0.3 is 15.4 Å². The molecular formula is C24H27N3O2. The number of benzene rings is 2. The molecule has 5 heteroatoms. The van der Waals surface area contributed by atoms with Crippen LogP contribution in [0.2, 0.25) is 0 Å². The number of pyridine rings is 1. The van der Waals surface area contributed by atoms with Crippen LogP contribution in [0.3, 0.4) is 0 Å². The van der Waals surface area contributed by atoms with Crippen molar-refractivity contribution in [3.63, 3.8) is 0 Å². The number of para-hydroxylation sites is 1. The number of hydrogen-bond donors (Lipinski definition) is 2. The van der Waals surface area contributed by atoms with Crippen molar-refractivity contribution in [2.24, 2.45) is 0 Å². The molecule has 0 saturated heterocycles. The monoisotopic (exact) mass is 389 g/mol. The summed E-state index contributed by atoms with van der Waals surface area (Å²) < 4.78 is 5.13. The second-order valence-electron chi connectivity index (χ2n) is 7.93. The van der Waals surface area contributed by atoms with Crippen LogP contribution in [0.4, 0.5) is 17.2 Å². The number of nitrogens with zero attached hydrogens (tertiary/aromatic N) is 1. The maximum atomic E-state index is 12.3. The lowest BCUT2D eigenvalue weighted by atomic mass is 9.86. The molecule has 150 valence electrons. The summed E-state index contributed by atoms with van der Waals surface area (Å²) >= 11 is 0. The van der Waals surface area contributed by atoms with Crippen LogP contribution in [0, 0.1) is 0 Å². The molecule has 0 spiro atoms. The summed E-state index contributed by atoms with van der Waals surface area (Å²) in [4.78, 5) is 16.7. The predicted octanol–water partition coefficient (Wildman–Crippen LogP) is 5.31. The van der Waals surface area contributed by atoms with E-state index in [1.807, 2.05) is 54.6 Å². The van der Waals surface area contributed by atoms with E-state index in [-0.39, 0.29) is 11.3 Å². The number of ether oxygens (including phenoxy) is 1. The Kier molecular flexibility index (Phi) is 6.17. The van der Waals surface area contributed by atoms with E-state index < -0.39 is 0 Å². The molecule has 0 atom stereocenters. The molecule has 29 heavy (non-hydrogen) atoms. The molecule has 5 nitrogen and oxygen atoms in total. The van der Waals surface area contributed by atoms with Crippen molar-refractivity contribution in [2.45, 2.75) is 32.6 Å². The molecule has 1 aromatic heterocycles. The summed E-state index contributed by atoms with van der Waals surface area (Å²) in [5.41, 5.74) is 3.87. The Balaban J connectivity index is 1.62. The van der Waals surface area contributed by atoms with Crippen LogP contribution in [-0.4, -0.2) is 18.0 Å². The van der Waals surface area contributed by atoms with E-state index in [4.69, 9.17) is 4.74 Å². The van der Waals surface area contributed by atoms with Gasteiger partial charge in [-0.1, -0.05) is 51.1 Å². The van der Waals surface area contributed by atoms with Crippen LogP contribution in [0.15, 0.2) is 66.9 Å². The van der Waals surface area contributed by atoms with Gasteiger partial charge in [-0.2, -0.15) is 0 Å². The van der Waals surface area contributed by atoms with Gasteiger partial charge in [-0.15, -0.1) is 0 Å². The normalized spacial score (nSPS) is 11.0. The summed E-state index contributed by atoms with van der Waals surface area (Å²) in [6, 6.07) is 19.4. The van der Waals surface area contributed by atoms with Gasteiger partial charge in [-0.25, -0.2) is 4.98 Å². The highest BCUT2D eigenvalue weighted by Crippen LogP contribution is 2.30. The maximum Gasteiger partial charge on any atom is 0.228 e. The van der Waals surface area contributed by atoms with Crippen molar-refractivity contribution in [1.82, 2.24) is 4.98 Å². The number of carbonyl (C=O) groups excluding carboxylic acids is 1. The Hall–Kier alpha value is -3.34. The van der Waals surface area contributed by atoms with E-state index in [9.17, 15) is 4.79 Å². The van der Waals surface area contributed by atoms with E-state index in [1.165, 1.54) is 5.56 Å². The quantitative estimate of drug-likeness (QED) is 0.599. The first-order valence-electron chi connectivity index (χ1n) is 9.60. The minimum Gasteiger partial charge on any atom is -0.497 e. The maximum absolute atomic E-state index is 12.3. The molecule has 0 bridgehead atoms. The molecular weight excluding hydrogens is 362 g/mol. The van der Waals surface area contributed by atoms with Crippen molar-refractivity contribution in [2.75, 3.05) is 17.7 Å². The lowest BCUT2D eigenvalue weighted by molar-refractivity contribution is -0.115. The Morgan fingerprint density at radius 2 is 1.72 bits per heavy atom. The van der Waals surface area contributed by atoms with Crippen LogP contribution in [-0.2, 0) is 16.6 Å². The number of methoxy groups -OCH3 is 1. The highest BCUT2D eigenvalue weighted by atomic mass is 16.5. The molecule has 0 unspecified atom stereocenters. The first-order chi connectivity index (χ1) is 13.8. The van der Waals surface area contributed by atoms with Crippen molar-refractivity contribution < 1.29 is 9.53 Å². The lowest BCUT2D eigenvalue weighted by Gasteiger charge is -2.23. The highest BCUT2D eigenvalue weighted by molar-refractivity contribution is 5.92. The van der Waals surface area contributed by atoms with Crippen LogP contribution in [0.1, 0.15) is 31.9 Å². The molecule has 0 radical (unpaired) electrons.